The molecule has 0 spiro atoms. The summed E-state index contributed by atoms with van der Waals surface area (Å²) >= 11 is 6.21. The van der Waals surface area contributed by atoms with Crippen LogP contribution >= 0.6 is 11.6 Å². The maximum absolute atomic E-state index is 10.7. The highest BCUT2D eigenvalue weighted by atomic mass is 35.5. The highest BCUT2D eigenvalue weighted by Crippen LogP contribution is 2.27. The minimum absolute atomic E-state index is 0.00560. The Hall–Kier alpha value is -3.06. The van der Waals surface area contributed by atoms with Gasteiger partial charge in [0.1, 0.15) is 17.2 Å². The quantitative estimate of drug-likeness (QED) is 0.499. The molecule has 2 aromatic carbocycles. The molecule has 3 aromatic rings. The predicted octanol–water partition coefficient (Wildman–Crippen LogP) is 4.27. The number of carbonyl (C=O) groups is 1. The molecule has 4 rings (SSSR count). The van der Waals surface area contributed by atoms with E-state index < -0.39 is 5.97 Å². The molecule has 0 amide bonds. The van der Waals surface area contributed by atoms with E-state index >= 15 is 0 Å². The first-order valence-electron chi connectivity index (χ1n) is 10.4. The Labute approximate surface area is 185 Å². The third-order valence-corrected chi connectivity index (χ3v) is 5.31. The molecule has 7 nitrogen and oxygen atoms in total. The number of hydrogen-bond acceptors (Lipinski definition) is 5. The van der Waals surface area contributed by atoms with Crippen molar-refractivity contribution in [2.75, 3.05) is 13.2 Å². The summed E-state index contributed by atoms with van der Waals surface area (Å²) in [4.78, 5) is 12.4. The van der Waals surface area contributed by atoms with Gasteiger partial charge < -0.3 is 14.6 Å². The summed E-state index contributed by atoms with van der Waals surface area (Å²) in [5, 5.41) is 18.7. The number of rotatable bonds is 9. The number of halogens is 1. The number of aromatic nitrogens is 3. The van der Waals surface area contributed by atoms with Gasteiger partial charge in [-0.1, -0.05) is 23.7 Å². The monoisotopic (exact) mass is 441 g/mol. The zero-order valence-corrected chi connectivity index (χ0v) is 17.8. The molecule has 1 heterocycles. The third kappa shape index (κ3) is 5.55. The Balaban J connectivity index is 1.32. The number of carboxylic acids is 1. The fourth-order valence-corrected chi connectivity index (χ4v) is 3.69. The SMILES string of the molecule is O=C(O)Cc1ccc(OCCCOc2ccc(Cl)cc2-n2nc3c(n2)CCCC3)cc1. The van der Waals surface area contributed by atoms with Gasteiger partial charge in [-0.2, -0.15) is 10.2 Å². The average Bonchev–Trinajstić information content (AvgIpc) is 3.19. The standard InChI is InChI=1S/C23H24ClN3O4/c24-17-8-11-22(21(15-17)27-25-19-4-1-2-5-20(19)26-27)31-13-3-12-30-18-9-6-16(7-10-18)14-23(28)29/h6-11,15H,1-5,12-14H2,(H,28,29). The lowest BCUT2D eigenvalue weighted by molar-refractivity contribution is -0.136. The zero-order valence-electron chi connectivity index (χ0n) is 17.1. The molecule has 0 bridgehead atoms. The summed E-state index contributed by atoms with van der Waals surface area (Å²) < 4.78 is 11.7. The summed E-state index contributed by atoms with van der Waals surface area (Å²) in [7, 11) is 0. The van der Waals surface area contributed by atoms with Gasteiger partial charge in [0.2, 0.25) is 0 Å². The summed E-state index contributed by atoms with van der Waals surface area (Å²) in [5.74, 6) is 0.528. The van der Waals surface area contributed by atoms with Crippen molar-refractivity contribution < 1.29 is 19.4 Å². The van der Waals surface area contributed by atoms with Crippen molar-refractivity contribution in [3.8, 4) is 17.2 Å². The molecule has 0 saturated carbocycles. The Morgan fingerprint density at radius 2 is 1.68 bits per heavy atom. The summed E-state index contributed by atoms with van der Waals surface area (Å²) in [6.45, 7) is 0.947. The number of benzene rings is 2. The van der Waals surface area contributed by atoms with E-state index in [2.05, 4.69) is 10.2 Å². The minimum Gasteiger partial charge on any atom is -0.493 e. The van der Waals surface area contributed by atoms with Crippen LogP contribution in [0.25, 0.3) is 5.69 Å². The summed E-state index contributed by atoms with van der Waals surface area (Å²) in [6, 6.07) is 12.5. The molecule has 0 fully saturated rings. The van der Waals surface area contributed by atoms with Gasteiger partial charge in [0.15, 0.2) is 0 Å². The highest BCUT2D eigenvalue weighted by Gasteiger charge is 2.18. The molecule has 162 valence electrons. The Morgan fingerprint density at radius 3 is 2.35 bits per heavy atom. The van der Waals surface area contributed by atoms with Crippen LogP contribution in [-0.2, 0) is 24.1 Å². The fourth-order valence-electron chi connectivity index (χ4n) is 3.53. The van der Waals surface area contributed by atoms with E-state index in [1.54, 1.807) is 35.1 Å². The second-order valence-electron chi connectivity index (χ2n) is 7.47. The number of carboxylic acid groups (broad SMARTS) is 1. The molecule has 0 saturated heterocycles. The first kappa shape index (κ1) is 21.2. The van der Waals surface area contributed by atoms with Gasteiger partial charge in [-0.25, -0.2) is 0 Å². The van der Waals surface area contributed by atoms with Crippen LogP contribution in [-0.4, -0.2) is 39.3 Å². The normalized spacial score (nSPS) is 12.9. The molecule has 1 aliphatic rings. The smallest absolute Gasteiger partial charge is 0.307 e. The molecule has 8 heteroatoms. The van der Waals surface area contributed by atoms with Crippen molar-refractivity contribution in [1.82, 2.24) is 15.0 Å². The van der Waals surface area contributed by atoms with Gasteiger partial charge in [0.05, 0.1) is 31.0 Å². The fraction of sp³-hybridized carbons (Fsp3) is 0.348. The Kier molecular flexibility index (Phi) is 6.72. The lowest BCUT2D eigenvalue weighted by Crippen LogP contribution is -2.08. The molecule has 1 aliphatic carbocycles. The number of aliphatic carboxylic acids is 1. The number of hydrogen-bond donors (Lipinski definition) is 1. The van der Waals surface area contributed by atoms with Gasteiger partial charge in [-0.15, -0.1) is 4.80 Å². The van der Waals surface area contributed by atoms with E-state index in [0.29, 0.717) is 36.2 Å². The van der Waals surface area contributed by atoms with Crippen molar-refractivity contribution >= 4 is 17.6 Å². The highest BCUT2D eigenvalue weighted by molar-refractivity contribution is 6.30. The zero-order chi connectivity index (χ0) is 21.6. The molecular weight excluding hydrogens is 418 g/mol. The molecule has 1 N–H and O–H groups in total. The minimum atomic E-state index is -0.849. The molecule has 0 unspecified atom stereocenters. The molecule has 0 aliphatic heterocycles. The maximum Gasteiger partial charge on any atom is 0.307 e. The summed E-state index contributed by atoms with van der Waals surface area (Å²) in [6.07, 6.45) is 4.90. The van der Waals surface area contributed by atoms with Crippen LogP contribution in [0, 0.1) is 0 Å². The van der Waals surface area contributed by atoms with Crippen LogP contribution in [0.1, 0.15) is 36.2 Å². The Morgan fingerprint density at radius 1 is 1.00 bits per heavy atom. The summed E-state index contributed by atoms with van der Waals surface area (Å²) in [5.41, 5.74) is 3.59. The van der Waals surface area contributed by atoms with Crippen molar-refractivity contribution in [3.05, 3.63) is 64.4 Å². The van der Waals surface area contributed by atoms with Crippen molar-refractivity contribution in [1.29, 1.82) is 0 Å². The second kappa shape index (κ2) is 9.83. The van der Waals surface area contributed by atoms with Crippen LogP contribution in [0.5, 0.6) is 11.5 Å². The Bertz CT molecular complexity index is 1030. The van der Waals surface area contributed by atoms with Gasteiger partial charge in [0.25, 0.3) is 0 Å². The van der Waals surface area contributed by atoms with E-state index in [1.165, 1.54) is 0 Å². The molecular formula is C23H24ClN3O4. The largest absolute Gasteiger partial charge is 0.493 e. The molecule has 0 atom stereocenters. The number of aryl methyl sites for hydroxylation is 2. The van der Waals surface area contributed by atoms with Gasteiger partial charge in [-0.05, 0) is 61.6 Å². The van der Waals surface area contributed by atoms with E-state index in [1.807, 2.05) is 12.1 Å². The van der Waals surface area contributed by atoms with Crippen molar-refractivity contribution in [3.63, 3.8) is 0 Å². The van der Waals surface area contributed by atoms with Crippen LogP contribution < -0.4 is 9.47 Å². The van der Waals surface area contributed by atoms with Gasteiger partial charge in [0, 0.05) is 11.4 Å². The number of fused-ring (bicyclic) bond motifs is 1. The van der Waals surface area contributed by atoms with Crippen molar-refractivity contribution in [2.24, 2.45) is 0 Å². The van der Waals surface area contributed by atoms with E-state index in [-0.39, 0.29) is 6.42 Å². The second-order valence-corrected chi connectivity index (χ2v) is 7.90. The predicted molar refractivity (Wildman–Crippen MR) is 116 cm³/mol. The van der Waals surface area contributed by atoms with Crippen LogP contribution in [0.2, 0.25) is 5.02 Å². The van der Waals surface area contributed by atoms with Gasteiger partial charge in [-0.3, -0.25) is 4.79 Å². The first-order chi connectivity index (χ1) is 15.1. The van der Waals surface area contributed by atoms with Gasteiger partial charge >= 0.3 is 5.97 Å². The van der Waals surface area contributed by atoms with Crippen LogP contribution in [0.15, 0.2) is 42.5 Å². The molecule has 0 radical (unpaired) electrons. The maximum atomic E-state index is 10.7. The first-order valence-corrected chi connectivity index (χ1v) is 10.8. The topological polar surface area (TPSA) is 86.5 Å². The number of nitrogens with zero attached hydrogens (tertiary/aromatic N) is 3. The van der Waals surface area contributed by atoms with Crippen LogP contribution in [0.3, 0.4) is 0 Å². The third-order valence-electron chi connectivity index (χ3n) is 5.07. The van der Waals surface area contributed by atoms with Crippen molar-refractivity contribution in [2.45, 2.75) is 38.5 Å². The lowest BCUT2D eigenvalue weighted by atomic mass is 10.0. The average molecular weight is 442 g/mol. The molecule has 1 aromatic heterocycles. The van der Waals surface area contributed by atoms with E-state index in [4.69, 9.17) is 26.2 Å². The van der Waals surface area contributed by atoms with Crippen LogP contribution in [0.4, 0.5) is 0 Å². The molecule has 31 heavy (non-hydrogen) atoms. The van der Waals surface area contributed by atoms with E-state index in [9.17, 15) is 4.79 Å². The number of ether oxygens (including phenoxy) is 2. The van der Waals surface area contributed by atoms with E-state index in [0.717, 1.165) is 48.3 Å². The lowest BCUT2D eigenvalue weighted by Gasteiger charge is -2.12.